The van der Waals surface area contributed by atoms with Gasteiger partial charge in [0.15, 0.2) is 16.3 Å². The van der Waals surface area contributed by atoms with Crippen LogP contribution in [0.2, 0.25) is 10.0 Å². The minimum Gasteiger partial charge on any atom is -0.493 e. The van der Waals surface area contributed by atoms with Gasteiger partial charge in [-0.2, -0.15) is 0 Å². The molecule has 2 heterocycles. The number of methoxy groups -OCH3 is 1. The molecule has 1 aliphatic heterocycles. The third-order valence-corrected chi connectivity index (χ3v) is 9.23. The molecule has 0 saturated heterocycles. The molecule has 4 aromatic rings. The Bertz CT molecular complexity index is 2020. The second kappa shape index (κ2) is 14.6. The average molecular weight is 794 g/mol. The minimum atomic E-state index is -0.819. The van der Waals surface area contributed by atoms with E-state index in [2.05, 4.69) is 22.6 Å². The molecule has 0 unspecified atom stereocenters. The molecule has 12 heteroatoms. The fraction of sp³-hybridized carbons (Fsp3) is 0.265. The number of carbonyl (C=O) groups excluding carboxylic acids is 1. The quantitative estimate of drug-likeness (QED) is 0.126. The van der Waals surface area contributed by atoms with Crippen LogP contribution < -0.4 is 29.1 Å². The third kappa shape index (κ3) is 7.15. The van der Waals surface area contributed by atoms with Crippen LogP contribution in [0.15, 0.2) is 75.7 Å². The Hall–Kier alpha value is -3.32. The summed E-state index contributed by atoms with van der Waals surface area (Å²) in [5.74, 6) is 0.957. The van der Waals surface area contributed by atoms with Crippen LogP contribution >= 0.6 is 57.1 Å². The standard InChI is InChI=1S/C34H31Cl2IN2O6S/c1-6-43-33(41)29-19(4)38-34-39(30(29)24-9-7-8-10-26(24)45-18(2)3)32(40)28(46-34)14-21-13-23(37)16-27(42-5)31(21)44-17-20-11-12-22(35)15-25(20)36/h7-16,18,30H,6,17H2,1-5H3/b28-14-/t30-/m1/s1. The normalized spacial score (nSPS) is 14.6. The summed E-state index contributed by atoms with van der Waals surface area (Å²) >= 11 is 15.9. The van der Waals surface area contributed by atoms with E-state index in [9.17, 15) is 9.59 Å². The van der Waals surface area contributed by atoms with Crippen LogP contribution in [0.4, 0.5) is 0 Å². The van der Waals surface area contributed by atoms with Crippen molar-refractivity contribution >= 4 is 69.2 Å². The van der Waals surface area contributed by atoms with Crippen LogP contribution in [-0.4, -0.2) is 30.4 Å². The molecule has 0 radical (unpaired) electrons. The van der Waals surface area contributed by atoms with E-state index in [-0.39, 0.29) is 30.5 Å². The second-order valence-electron chi connectivity index (χ2n) is 10.6. The van der Waals surface area contributed by atoms with Crippen LogP contribution in [0.25, 0.3) is 6.08 Å². The van der Waals surface area contributed by atoms with Gasteiger partial charge in [-0.25, -0.2) is 9.79 Å². The summed E-state index contributed by atoms with van der Waals surface area (Å²) in [7, 11) is 1.56. The molecular weight excluding hydrogens is 762 g/mol. The van der Waals surface area contributed by atoms with E-state index in [1.54, 1.807) is 45.2 Å². The maximum Gasteiger partial charge on any atom is 0.338 e. The molecule has 0 N–H and O–H groups in total. The molecule has 0 aliphatic carbocycles. The first-order valence-electron chi connectivity index (χ1n) is 14.4. The van der Waals surface area contributed by atoms with Gasteiger partial charge in [0.05, 0.1) is 35.6 Å². The van der Waals surface area contributed by atoms with Gasteiger partial charge in [-0.15, -0.1) is 0 Å². The highest BCUT2D eigenvalue weighted by Gasteiger charge is 2.35. The highest BCUT2D eigenvalue weighted by atomic mass is 127. The van der Waals surface area contributed by atoms with E-state index in [1.165, 1.54) is 15.9 Å². The zero-order valence-electron chi connectivity index (χ0n) is 25.7. The number of hydrogen-bond donors (Lipinski definition) is 0. The molecule has 0 spiro atoms. The second-order valence-corrected chi connectivity index (χ2v) is 13.7. The lowest BCUT2D eigenvalue weighted by Crippen LogP contribution is -2.40. The molecule has 0 amide bonds. The van der Waals surface area contributed by atoms with Crippen molar-refractivity contribution in [1.29, 1.82) is 0 Å². The van der Waals surface area contributed by atoms with Crippen molar-refractivity contribution < 1.29 is 23.7 Å². The van der Waals surface area contributed by atoms with Gasteiger partial charge in [0.1, 0.15) is 18.4 Å². The number of benzene rings is 3. The molecule has 1 aliphatic rings. The van der Waals surface area contributed by atoms with E-state index >= 15 is 0 Å². The molecule has 5 rings (SSSR count). The lowest BCUT2D eigenvalue weighted by Gasteiger charge is -2.26. The van der Waals surface area contributed by atoms with Gasteiger partial charge in [0.2, 0.25) is 0 Å². The number of hydrogen-bond acceptors (Lipinski definition) is 8. The zero-order chi connectivity index (χ0) is 33.1. The summed E-state index contributed by atoms with van der Waals surface area (Å²) in [6, 6.07) is 15.5. The fourth-order valence-corrected chi connectivity index (χ4v) is 7.20. The van der Waals surface area contributed by atoms with Crippen LogP contribution in [0, 0.1) is 3.57 Å². The van der Waals surface area contributed by atoms with Gasteiger partial charge in [-0.1, -0.05) is 58.8 Å². The Morgan fingerprint density at radius 2 is 1.89 bits per heavy atom. The first-order valence-corrected chi connectivity index (χ1v) is 17.1. The molecule has 1 atom stereocenters. The van der Waals surface area contributed by atoms with Gasteiger partial charge in [-0.3, -0.25) is 9.36 Å². The van der Waals surface area contributed by atoms with Gasteiger partial charge in [0, 0.05) is 30.3 Å². The number of allylic oxidation sites excluding steroid dienone is 1. The lowest BCUT2D eigenvalue weighted by molar-refractivity contribution is -0.139. The van der Waals surface area contributed by atoms with Crippen molar-refractivity contribution in [3.63, 3.8) is 0 Å². The van der Waals surface area contributed by atoms with Gasteiger partial charge in [-0.05, 0) is 86.7 Å². The van der Waals surface area contributed by atoms with Crippen LogP contribution in [-0.2, 0) is 16.1 Å². The van der Waals surface area contributed by atoms with E-state index in [0.29, 0.717) is 53.5 Å². The maximum absolute atomic E-state index is 14.3. The SMILES string of the molecule is CCOC(=O)C1=C(C)N=c2s/c(=C\c3cc(I)cc(OC)c3OCc3ccc(Cl)cc3Cl)c(=O)n2[C@@H]1c1ccccc1OC(C)C. The van der Waals surface area contributed by atoms with E-state index in [1.807, 2.05) is 50.2 Å². The fourth-order valence-electron chi connectivity index (χ4n) is 5.09. The average Bonchev–Trinajstić information content (AvgIpc) is 3.30. The van der Waals surface area contributed by atoms with Gasteiger partial charge >= 0.3 is 5.97 Å². The molecule has 1 aromatic heterocycles. The number of fused-ring (bicyclic) bond motifs is 1. The maximum atomic E-state index is 14.3. The minimum absolute atomic E-state index is 0.134. The number of aromatic nitrogens is 1. The highest BCUT2D eigenvalue weighted by molar-refractivity contribution is 14.1. The highest BCUT2D eigenvalue weighted by Crippen LogP contribution is 2.37. The first kappa shape index (κ1) is 34.0. The number of nitrogens with zero attached hydrogens (tertiary/aromatic N) is 2. The third-order valence-electron chi connectivity index (χ3n) is 7.04. The molecule has 8 nitrogen and oxygen atoms in total. The molecule has 46 heavy (non-hydrogen) atoms. The van der Waals surface area contributed by atoms with E-state index < -0.39 is 12.0 Å². The Balaban J connectivity index is 1.69. The number of para-hydroxylation sites is 1. The topological polar surface area (TPSA) is 88.4 Å². The van der Waals surface area contributed by atoms with Crippen molar-refractivity contribution in [3.8, 4) is 17.2 Å². The summed E-state index contributed by atoms with van der Waals surface area (Å²) in [5.41, 5.74) is 2.44. The monoisotopic (exact) mass is 792 g/mol. The summed E-state index contributed by atoms with van der Waals surface area (Å²) in [6.07, 6.45) is 1.62. The first-order chi connectivity index (χ1) is 22.0. The van der Waals surface area contributed by atoms with Crippen molar-refractivity contribution in [2.24, 2.45) is 4.99 Å². The number of ether oxygens (including phenoxy) is 4. The number of carbonyl (C=O) groups is 1. The Morgan fingerprint density at radius 1 is 1.13 bits per heavy atom. The summed E-state index contributed by atoms with van der Waals surface area (Å²) in [4.78, 5) is 32.9. The number of esters is 1. The van der Waals surface area contributed by atoms with Gasteiger partial charge < -0.3 is 18.9 Å². The molecule has 0 fully saturated rings. The summed E-state index contributed by atoms with van der Waals surface area (Å²) in [5, 5.41) is 0.996. The predicted molar refractivity (Wildman–Crippen MR) is 189 cm³/mol. The van der Waals surface area contributed by atoms with Crippen molar-refractivity contribution in [2.75, 3.05) is 13.7 Å². The molecular formula is C34H31Cl2IN2O6S. The smallest absolute Gasteiger partial charge is 0.338 e. The Labute approximate surface area is 294 Å². The Kier molecular flexibility index (Phi) is 10.8. The van der Waals surface area contributed by atoms with E-state index in [4.69, 9.17) is 47.1 Å². The lowest BCUT2D eigenvalue weighted by atomic mass is 9.95. The summed E-state index contributed by atoms with van der Waals surface area (Å²) in [6.45, 7) is 7.65. The van der Waals surface area contributed by atoms with Crippen molar-refractivity contribution in [3.05, 3.63) is 116 Å². The van der Waals surface area contributed by atoms with Crippen LogP contribution in [0.3, 0.4) is 0 Å². The predicted octanol–water partition coefficient (Wildman–Crippen LogP) is 7.08. The summed E-state index contributed by atoms with van der Waals surface area (Å²) < 4.78 is 26.3. The molecule has 3 aromatic carbocycles. The Morgan fingerprint density at radius 3 is 2.59 bits per heavy atom. The molecule has 0 saturated carbocycles. The number of rotatable bonds is 10. The van der Waals surface area contributed by atoms with Crippen molar-refractivity contribution in [1.82, 2.24) is 4.57 Å². The van der Waals surface area contributed by atoms with Crippen LogP contribution in [0.5, 0.6) is 17.2 Å². The molecule has 0 bridgehead atoms. The van der Waals surface area contributed by atoms with Crippen molar-refractivity contribution in [2.45, 2.75) is 46.4 Å². The zero-order valence-corrected chi connectivity index (χ0v) is 30.2. The largest absolute Gasteiger partial charge is 0.493 e. The number of halogens is 3. The van der Waals surface area contributed by atoms with Crippen LogP contribution in [0.1, 0.15) is 50.4 Å². The number of thiazole rings is 1. The molecule has 240 valence electrons. The van der Waals surface area contributed by atoms with Gasteiger partial charge in [0.25, 0.3) is 5.56 Å². The van der Waals surface area contributed by atoms with E-state index in [0.717, 1.165) is 9.13 Å².